The summed E-state index contributed by atoms with van der Waals surface area (Å²) >= 11 is 0. The monoisotopic (exact) mass is 246 g/mol. The third-order valence-electron chi connectivity index (χ3n) is 2.72. The number of aromatic nitrogens is 1. The van der Waals surface area contributed by atoms with Gasteiger partial charge in [0.05, 0.1) is 6.26 Å². The zero-order chi connectivity index (χ0) is 12.8. The number of hydrogen-bond donors (Lipinski definition) is 3. The predicted molar refractivity (Wildman–Crippen MR) is 72.2 cm³/mol. The van der Waals surface area contributed by atoms with Crippen LogP contribution >= 0.6 is 0 Å². The predicted octanol–water partition coefficient (Wildman–Crippen LogP) is 2.39. The van der Waals surface area contributed by atoms with Crippen molar-refractivity contribution in [1.82, 2.24) is 4.98 Å². The van der Waals surface area contributed by atoms with Gasteiger partial charge in [-0.2, -0.15) is 0 Å². The fourth-order valence-corrected chi connectivity index (χ4v) is 1.77. The topological polar surface area (TPSA) is 76.1 Å². The van der Waals surface area contributed by atoms with Crippen LogP contribution in [0.1, 0.15) is 19.1 Å². The van der Waals surface area contributed by atoms with E-state index in [2.05, 4.69) is 22.7 Å². The number of aryl methyl sites for hydroxylation is 1. The average molecular weight is 246 g/mol. The van der Waals surface area contributed by atoms with Crippen LogP contribution in [-0.4, -0.2) is 11.0 Å². The summed E-state index contributed by atoms with van der Waals surface area (Å²) in [6.07, 6.45) is 5.35. The van der Waals surface area contributed by atoms with Gasteiger partial charge in [0.15, 0.2) is 0 Å². The van der Waals surface area contributed by atoms with E-state index in [4.69, 9.17) is 10.3 Å². The molecule has 2 heterocycles. The van der Waals surface area contributed by atoms with Crippen LogP contribution in [0.3, 0.4) is 0 Å². The van der Waals surface area contributed by atoms with Gasteiger partial charge in [0.2, 0.25) is 0 Å². The number of hydrogen-bond acceptors (Lipinski definition) is 5. The highest BCUT2D eigenvalue weighted by molar-refractivity contribution is 5.51. The molecule has 0 spiro atoms. The molecule has 0 radical (unpaired) electrons. The van der Waals surface area contributed by atoms with Crippen LogP contribution in [0.25, 0.3) is 0 Å². The van der Waals surface area contributed by atoms with Gasteiger partial charge in [-0.15, -0.1) is 0 Å². The first kappa shape index (κ1) is 12.4. The van der Waals surface area contributed by atoms with Gasteiger partial charge in [-0.3, -0.25) is 0 Å². The normalized spacial score (nSPS) is 12.1. The Bertz CT molecular complexity index is 470. The van der Waals surface area contributed by atoms with Crippen molar-refractivity contribution >= 4 is 11.5 Å². The van der Waals surface area contributed by atoms with Gasteiger partial charge in [-0.05, 0) is 31.5 Å². The Morgan fingerprint density at radius 2 is 2.33 bits per heavy atom. The Labute approximate surface area is 106 Å². The van der Waals surface area contributed by atoms with Crippen molar-refractivity contribution in [3.05, 3.63) is 42.5 Å². The Hall–Kier alpha value is -2.01. The molecular weight excluding hydrogens is 228 g/mol. The summed E-state index contributed by atoms with van der Waals surface area (Å²) in [6, 6.07) is 8.06. The third-order valence-corrected chi connectivity index (χ3v) is 2.72. The second-order valence-corrected chi connectivity index (χ2v) is 4.24. The van der Waals surface area contributed by atoms with Crippen LogP contribution < -0.4 is 16.6 Å². The van der Waals surface area contributed by atoms with Gasteiger partial charge < -0.3 is 15.2 Å². The lowest BCUT2D eigenvalue weighted by Crippen LogP contribution is -2.16. The molecule has 2 aromatic rings. The van der Waals surface area contributed by atoms with Crippen molar-refractivity contribution in [2.75, 3.05) is 10.7 Å². The molecule has 0 aliphatic rings. The SMILES string of the molecule is CC(CCc1ccco1)Nc1ccnc(NN)c1. The maximum absolute atomic E-state index is 5.32. The molecule has 4 N–H and O–H groups in total. The minimum absolute atomic E-state index is 0.350. The number of pyridine rings is 1. The smallest absolute Gasteiger partial charge is 0.141 e. The molecule has 5 heteroatoms. The van der Waals surface area contributed by atoms with Crippen LogP contribution in [0.15, 0.2) is 41.1 Å². The maximum Gasteiger partial charge on any atom is 0.141 e. The number of nitrogens with one attached hydrogen (secondary N) is 2. The summed E-state index contributed by atoms with van der Waals surface area (Å²) in [6.45, 7) is 2.14. The van der Waals surface area contributed by atoms with Gasteiger partial charge in [0.25, 0.3) is 0 Å². The van der Waals surface area contributed by atoms with Crippen LogP contribution in [0, 0.1) is 0 Å². The molecule has 0 aliphatic heterocycles. The number of furan rings is 1. The van der Waals surface area contributed by atoms with Gasteiger partial charge in [0.1, 0.15) is 11.6 Å². The van der Waals surface area contributed by atoms with E-state index in [9.17, 15) is 0 Å². The van der Waals surface area contributed by atoms with Crippen LogP contribution in [0.5, 0.6) is 0 Å². The van der Waals surface area contributed by atoms with Gasteiger partial charge in [-0.25, -0.2) is 10.8 Å². The number of rotatable bonds is 6. The van der Waals surface area contributed by atoms with Crippen molar-refractivity contribution in [3.63, 3.8) is 0 Å². The highest BCUT2D eigenvalue weighted by atomic mass is 16.3. The van der Waals surface area contributed by atoms with E-state index in [1.165, 1.54) is 0 Å². The molecule has 1 unspecified atom stereocenters. The van der Waals surface area contributed by atoms with Gasteiger partial charge in [0, 0.05) is 30.4 Å². The fraction of sp³-hybridized carbons (Fsp3) is 0.308. The molecule has 0 aliphatic carbocycles. The van der Waals surface area contributed by atoms with Gasteiger partial charge >= 0.3 is 0 Å². The number of nitrogens with zero attached hydrogens (tertiary/aromatic N) is 1. The van der Waals surface area contributed by atoms with E-state index in [0.29, 0.717) is 11.9 Å². The quantitative estimate of drug-likeness (QED) is 0.539. The highest BCUT2D eigenvalue weighted by Gasteiger charge is 2.04. The first-order chi connectivity index (χ1) is 8.78. The molecule has 0 saturated carbocycles. The molecule has 0 bridgehead atoms. The molecule has 0 amide bonds. The van der Waals surface area contributed by atoms with Gasteiger partial charge in [-0.1, -0.05) is 0 Å². The summed E-state index contributed by atoms with van der Waals surface area (Å²) in [5.41, 5.74) is 3.53. The summed E-state index contributed by atoms with van der Waals surface area (Å²) in [5, 5.41) is 3.40. The maximum atomic E-state index is 5.32. The first-order valence-electron chi connectivity index (χ1n) is 5.99. The number of nitrogens with two attached hydrogens (primary N) is 1. The Kier molecular flexibility index (Phi) is 4.20. The lowest BCUT2D eigenvalue weighted by Gasteiger charge is -2.15. The lowest BCUT2D eigenvalue weighted by atomic mass is 10.1. The average Bonchev–Trinajstić information content (AvgIpc) is 2.90. The summed E-state index contributed by atoms with van der Waals surface area (Å²) in [5.74, 6) is 6.99. The van der Waals surface area contributed by atoms with Crippen LogP contribution in [-0.2, 0) is 6.42 Å². The molecule has 1 atom stereocenters. The van der Waals surface area contributed by atoms with E-state index in [-0.39, 0.29) is 0 Å². The third kappa shape index (κ3) is 3.49. The van der Waals surface area contributed by atoms with Crippen molar-refractivity contribution < 1.29 is 4.42 Å². The van der Waals surface area contributed by atoms with Crippen molar-refractivity contribution in [2.45, 2.75) is 25.8 Å². The number of hydrazine groups is 1. The standard InChI is InChI=1S/C13H18N4O/c1-10(4-5-12-3-2-8-18-12)16-11-6-7-15-13(9-11)17-14/h2-3,6-10H,4-5,14H2,1H3,(H2,15,16,17). The molecule has 96 valence electrons. The van der Waals surface area contributed by atoms with E-state index >= 15 is 0 Å². The second-order valence-electron chi connectivity index (χ2n) is 4.24. The molecule has 5 nitrogen and oxygen atoms in total. The van der Waals surface area contributed by atoms with Crippen molar-refractivity contribution in [1.29, 1.82) is 0 Å². The number of nitrogen functional groups attached to an aromatic ring is 1. The zero-order valence-corrected chi connectivity index (χ0v) is 10.4. The zero-order valence-electron chi connectivity index (χ0n) is 10.4. The largest absolute Gasteiger partial charge is 0.469 e. The fourth-order valence-electron chi connectivity index (χ4n) is 1.77. The Morgan fingerprint density at radius 1 is 1.44 bits per heavy atom. The molecule has 0 saturated heterocycles. The van der Waals surface area contributed by atoms with Crippen molar-refractivity contribution in [3.8, 4) is 0 Å². The summed E-state index contributed by atoms with van der Waals surface area (Å²) in [7, 11) is 0. The first-order valence-corrected chi connectivity index (χ1v) is 5.99. The van der Waals surface area contributed by atoms with Crippen LogP contribution in [0.2, 0.25) is 0 Å². The molecule has 0 fully saturated rings. The molecular formula is C13H18N4O. The van der Waals surface area contributed by atoms with Crippen molar-refractivity contribution in [2.24, 2.45) is 5.84 Å². The Morgan fingerprint density at radius 3 is 3.06 bits per heavy atom. The molecule has 0 aromatic carbocycles. The van der Waals surface area contributed by atoms with Crippen LogP contribution in [0.4, 0.5) is 11.5 Å². The second kappa shape index (κ2) is 6.07. The number of anilines is 2. The van der Waals surface area contributed by atoms with E-state index in [0.717, 1.165) is 24.3 Å². The minimum Gasteiger partial charge on any atom is -0.469 e. The molecule has 18 heavy (non-hydrogen) atoms. The summed E-state index contributed by atoms with van der Waals surface area (Å²) in [4.78, 5) is 4.06. The molecule has 2 aromatic heterocycles. The van der Waals surface area contributed by atoms with E-state index < -0.39 is 0 Å². The minimum atomic E-state index is 0.350. The highest BCUT2D eigenvalue weighted by Crippen LogP contribution is 2.14. The summed E-state index contributed by atoms with van der Waals surface area (Å²) < 4.78 is 5.31. The lowest BCUT2D eigenvalue weighted by molar-refractivity contribution is 0.495. The Balaban J connectivity index is 1.84. The molecule has 2 rings (SSSR count). The van der Waals surface area contributed by atoms with E-state index in [1.807, 2.05) is 24.3 Å². The van der Waals surface area contributed by atoms with E-state index in [1.54, 1.807) is 12.5 Å².